The van der Waals surface area contributed by atoms with Crippen molar-refractivity contribution in [3.05, 3.63) is 29.6 Å². The summed E-state index contributed by atoms with van der Waals surface area (Å²) in [5.74, 6) is 0.646. The number of nitrogens with zero attached hydrogens (tertiary/aromatic N) is 1. The summed E-state index contributed by atoms with van der Waals surface area (Å²) in [4.78, 5) is 3.84. The predicted molar refractivity (Wildman–Crippen MR) is 72.4 cm³/mol. The first-order chi connectivity index (χ1) is 9.52. The van der Waals surface area contributed by atoms with Gasteiger partial charge in [-0.3, -0.25) is 4.98 Å². The Morgan fingerprint density at radius 1 is 1.40 bits per heavy atom. The second-order valence-corrected chi connectivity index (χ2v) is 5.47. The van der Waals surface area contributed by atoms with Crippen LogP contribution in [0.25, 0.3) is 0 Å². The van der Waals surface area contributed by atoms with Crippen molar-refractivity contribution in [2.75, 3.05) is 6.54 Å². The molecule has 112 valence electrons. The maximum atomic E-state index is 12.9. The van der Waals surface area contributed by atoms with Crippen molar-refractivity contribution in [3.8, 4) is 0 Å². The van der Waals surface area contributed by atoms with Crippen LogP contribution in [0.1, 0.15) is 43.7 Å². The van der Waals surface area contributed by atoms with Crippen molar-refractivity contribution < 1.29 is 13.2 Å². The van der Waals surface area contributed by atoms with Crippen LogP contribution in [0.4, 0.5) is 13.2 Å². The lowest BCUT2D eigenvalue weighted by atomic mass is 9.99. The van der Waals surface area contributed by atoms with E-state index in [4.69, 9.17) is 0 Å². The zero-order valence-electron chi connectivity index (χ0n) is 11.7. The fourth-order valence-corrected chi connectivity index (χ4v) is 2.55. The molecule has 5 heteroatoms. The average molecular weight is 286 g/mol. The Bertz CT molecular complexity index is 427. The Kier molecular flexibility index (Phi) is 5.02. The summed E-state index contributed by atoms with van der Waals surface area (Å²) in [6, 6.07) is 1.41. The highest BCUT2D eigenvalue weighted by molar-refractivity contribution is 5.26. The monoisotopic (exact) mass is 286 g/mol. The minimum Gasteiger partial charge on any atom is -0.314 e. The number of aromatic nitrogens is 1. The molecule has 1 unspecified atom stereocenters. The smallest absolute Gasteiger partial charge is 0.314 e. The average Bonchev–Trinajstić information content (AvgIpc) is 3.22. The summed E-state index contributed by atoms with van der Waals surface area (Å²) in [7, 11) is 0. The van der Waals surface area contributed by atoms with Crippen LogP contribution in [-0.4, -0.2) is 17.6 Å². The first kappa shape index (κ1) is 15.3. The van der Waals surface area contributed by atoms with Crippen molar-refractivity contribution >= 4 is 0 Å². The maximum Gasteiger partial charge on any atom is 0.416 e. The van der Waals surface area contributed by atoms with Crippen LogP contribution in [0, 0.1) is 5.92 Å². The van der Waals surface area contributed by atoms with Crippen molar-refractivity contribution in [1.29, 1.82) is 0 Å². The van der Waals surface area contributed by atoms with Crippen molar-refractivity contribution in [2.24, 2.45) is 5.92 Å². The van der Waals surface area contributed by atoms with Crippen LogP contribution in [0.2, 0.25) is 0 Å². The molecular weight excluding hydrogens is 265 g/mol. The van der Waals surface area contributed by atoms with Gasteiger partial charge in [-0.2, -0.15) is 13.2 Å². The second kappa shape index (κ2) is 6.57. The molecule has 1 N–H and O–H groups in total. The van der Waals surface area contributed by atoms with Gasteiger partial charge in [-0.25, -0.2) is 0 Å². The standard InChI is InChI=1S/C15H21F3N2/c1-2-8-20-14(11-3-4-11)6-5-12-10-19-9-7-13(12)15(16,17)18/h7,9-11,14,20H,2-6,8H2,1H3. The topological polar surface area (TPSA) is 24.9 Å². The van der Waals surface area contributed by atoms with E-state index in [1.807, 2.05) is 0 Å². The number of rotatable bonds is 7. The zero-order chi connectivity index (χ0) is 14.6. The fourth-order valence-electron chi connectivity index (χ4n) is 2.55. The van der Waals surface area contributed by atoms with Gasteiger partial charge < -0.3 is 5.32 Å². The van der Waals surface area contributed by atoms with E-state index in [2.05, 4.69) is 17.2 Å². The largest absolute Gasteiger partial charge is 0.416 e. The first-order valence-electron chi connectivity index (χ1n) is 7.25. The summed E-state index contributed by atoms with van der Waals surface area (Å²) in [5.41, 5.74) is -0.235. The predicted octanol–water partition coefficient (Wildman–Crippen LogP) is 3.81. The van der Waals surface area contributed by atoms with E-state index in [1.165, 1.54) is 25.2 Å². The highest BCUT2D eigenvalue weighted by Crippen LogP contribution is 2.36. The lowest BCUT2D eigenvalue weighted by Crippen LogP contribution is -2.32. The molecule has 0 aromatic carbocycles. The van der Waals surface area contributed by atoms with Crippen LogP contribution in [0.15, 0.2) is 18.5 Å². The Labute approximate surface area is 117 Å². The van der Waals surface area contributed by atoms with Crippen molar-refractivity contribution in [1.82, 2.24) is 10.3 Å². The van der Waals surface area contributed by atoms with Crippen LogP contribution in [-0.2, 0) is 12.6 Å². The van der Waals surface area contributed by atoms with Crippen molar-refractivity contribution in [3.63, 3.8) is 0 Å². The molecule has 20 heavy (non-hydrogen) atoms. The van der Waals surface area contributed by atoms with Gasteiger partial charge in [0.25, 0.3) is 0 Å². The third kappa shape index (κ3) is 4.20. The highest BCUT2D eigenvalue weighted by atomic mass is 19.4. The molecule has 1 saturated carbocycles. The van der Waals surface area contributed by atoms with Crippen LogP contribution in [0.3, 0.4) is 0 Å². The Morgan fingerprint density at radius 3 is 2.75 bits per heavy atom. The molecule has 2 rings (SSSR count). The molecule has 0 saturated heterocycles. The minimum atomic E-state index is -4.29. The van der Waals surface area contributed by atoms with E-state index in [0.29, 0.717) is 23.9 Å². The SMILES string of the molecule is CCCNC(CCc1cnccc1C(F)(F)F)C1CC1. The number of pyridine rings is 1. The molecule has 0 radical (unpaired) electrons. The summed E-state index contributed by atoms with van der Waals surface area (Å²) >= 11 is 0. The van der Waals surface area contributed by atoms with E-state index in [1.54, 1.807) is 0 Å². The second-order valence-electron chi connectivity index (χ2n) is 5.47. The number of nitrogens with one attached hydrogen (secondary N) is 1. The van der Waals surface area contributed by atoms with Gasteiger partial charge in [-0.15, -0.1) is 0 Å². The van der Waals surface area contributed by atoms with Crippen LogP contribution >= 0.6 is 0 Å². The number of alkyl halides is 3. The van der Waals surface area contributed by atoms with E-state index in [9.17, 15) is 13.2 Å². The fraction of sp³-hybridized carbons (Fsp3) is 0.667. The van der Waals surface area contributed by atoms with Gasteiger partial charge in [0.05, 0.1) is 5.56 Å². The summed E-state index contributed by atoms with van der Waals surface area (Å²) in [6.45, 7) is 3.03. The third-order valence-electron chi connectivity index (χ3n) is 3.78. The molecule has 1 fully saturated rings. The molecule has 0 bridgehead atoms. The molecule has 1 atom stereocenters. The first-order valence-corrected chi connectivity index (χ1v) is 7.25. The molecule has 0 amide bonds. The number of hydrogen-bond acceptors (Lipinski definition) is 2. The highest BCUT2D eigenvalue weighted by Gasteiger charge is 2.34. The molecule has 1 aliphatic carbocycles. The maximum absolute atomic E-state index is 12.9. The summed E-state index contributed by atoms with van der Waals surface area (Å²) < 4.78 is 38.7. The molecule has 1 aliphatic rings. The molecule has 0 aliphatic heterocycles. The van der Waals surface area contributed by atoms with E-state index in [-0.39, 0.29) is 0 Å². The van der Waals surface area contributed by atoms with Crippen molar-refractivity contribution in [2.45, 2.75) is 51.2 Å². The van der Waals surface area contributed by atoms with E-state index < -0.39 is 11.7 Å². The summed E-state index contributed by atoms with van der Waals surface area (Å²) in [5, 5.41) is 3.46. The van der Waals surface area contributed by atoms with Crippen LogP contribution in [0.5, 0.6) is 0 Å². The van der Waals surface area contributed by atoms with E-state index in [0.717, 1.165) is 25.5 Å². The molecule has 1 heterocycles. The Balaban J connectivity index is 1.99. The van der Waals surface area contributed by atoms with Gasteiger partial charge in [0.15, 0.2) is 0 Å². The molecule has 1 aromatic heterocycles. The molecule has 1 aromatic rings. The summed E-state index contributed by atoms with van der Waals surface area (Å²) in [6.07, 6.45) is 2.89. The van der Waals surface area contributed by atoms with Crippen LogP contribution < -0.4 is 5.32 Å². The normalized spacial score (nSPS) is 17.2. The third-order valence-corrected chi connectivity index (χ3v) is 3.78. The zero-order valence-corrected chi connectivity index (χ0v) is 11.7. The number of hydrogen-bond donors (Lipinski definition) is 1. The molecule has 2 nitrogen and oxygen atoms in total. The number of halogens is 3. The van der Waals surface area contributed by atoms with E-state index >= 15 is 0 Å². The van der Waals surface area contributed by atoms with Gasteiger partial charge in [-0.1, -0.05) is 6.92 Å². The quantitative estimate of drug-likeness (QED) is 0.824. The number of aryl methyl sites for hydroxylation is 1. The Hall–Kier alpha value is -1.10. The van der Waals surface area contributed by atoms with Gasteiger partial charge in [-0.05, 0) is 56.2 Å². The molecule has 0 spiro atoms. The molecular formula is C15H21F3N2. The Morgan fingerprint density at radius 2 is 2.15 bits per heavy atom. The minimum absolute atomic E-state index is 0.309. The lowest BCUT2D eigenvalue weighted by molar-refractivity contribution is -0.138. The lowest BCUT2D eigenvalue weighted by Gasteiger charge is -2.19. The van der Waals surface area contributed by atoms with Gasteiger partial charge in [0, 0.05) is 18.4 Å². The van der Waals surface area contributed by atoms with Gasteiger partial charge in [0.1, 0.15) is 0 Å². The van der Waals surface area contributed by atoms with Gasteiger partial charge >= 0.3 is 6.18 Å². The van der Waals surface area contributed by atoms with Gasteiger partial charge in [0.2, 0.25) is 0 Å².